The molecule has 4 heteroatoms. The second kappa shape index (κ2) is 5.49. The number of rotatable bonds is 4. The van der Waals surface area contributed by atoms with Crippen LogP contribution in [0.25, 0.3) is 0 Å². The molecule has 0 unspecified atom stereocenters. The molecular formula is C14H19ClN2O. The number of ether oxygens (including phenoxy) is 1. The highest BCUT2D eigenvalue weighted by Crippen LogP contribution is 2.33. The highest BCUT2D eigenvalue weighted by atomic mass is 35.5. The first kappa shape index (κ1) is 14.7. The van der Waals surface area contributed by atoms with Crippen molar-refractivity contribution >= 4 is 17.3 Å². The molecule has 0 fully saturated rings. The van der Waals surface area contributed by atoms with Gasteiger partial charge in [0, 0.05) is 19.3 Å². The average Bonchev–Trinajstić information content (AvgIpc) is 2.30. The molecule has 1 aromatic carbocycles. The minimum atomic E-state index is -0.395. The van der Waals surface area contributed by atoms with Crippen LogP contribution in [0.3, 0.4) is 0 Å². The molecule has 98 valence electrons. The lowest BCUT2D eigenvalue weighted by Gasteiger charge is -2.28. The Balaban J connectivity index is 3.04. The van der Waals surface area contributed by atoms with Crippen molar-refractivity contribution in [2.75, 3.05) is 25.6 Å². The minimum Gasteiger partial charge on any atom is -0.495 e. The van der Waals surface area contributed by atoms with E-state index in [0.29, 0.717) is 17.3 Å². The van der Waals surface area contributed by atoms with Crippen LogP contribution in [0.5, 0.6) is 5.75 Å². The average molecular weight is 267 g/mol. The monoisotopic (exact) mass is 266 g/mol. The smallest absolute Gasteiger partial charge is 0.137 e. The zero-order chi connectivity index (χ0) is 13.9. The molecule has 3 nitrogen and oxygen atoms in total. The van der Waals surface area contributed by atoms with Gasteiger partial charge in [0.2, 0.25) is 0 Å². The number of nitriles is 1. The Morgan fingerprint density at radius 2 is 2.06 bits per heavy atom. The third-order valence-corrected chi connectivity index (χ3v) is 3.11. The Morgan fingerprint density at radius 3 is 2.56 bits per heavy atom. The maximum absolute atomic E-state index is 9.07. The van der Waals surface area contributed by atoms with Gasteiger partial charge >= 0.3 is 0 Å². The van der Waals surface area contributed by atoms with Crippen molar-refractivity contribution in [2.24, 2.45) is 5.41 Å². The van der Waals surface area contributed by atoms with E-state index in [1.807, 2.05) is 44.9 Å². The van der Waals surface area contributed by atoms with Crippen molar-refractivity contribution in [3.63, 3.8) is 0 Å². The van der Waals surface area contributed by atoms with Crippen LogP contribution in [0, 0.1) is 23.7 Å². The molecule has 0 atom stereocenters. The molecular weight excluding hydrogens is 248 g/mol. The van der Waals surface area contributed by atoms with E-state index in [9.17, 15) is 0 Å². The van der Waals surface area contributed by atoms with Crippen molar-refractivity contribution in [3.05, 3.63) is 22.7 Å². The molecule has 0 saturated carbocycles. The Labute approximate surface area is 114 Å². The fourth-order valence-corrected chi connectivity index (χ4v) is 2.16. The lowest BCUT2D eigenvalue weighted by atomic mass is 9.95. The first-order valence-corrected chi connectivity index (χ1v) is 6.15. The van der Waals surface area contributed by atoms with Crippen LogP contribution in [0.4, 0.5) is 5.69 Å². The van der Waals surface area contributed by atoms with Gasteiger partial charge in [0.1, 0.15) is 5.75 Å². The number of hydrogen-bond donors (Lipinski definition) is 0. The van der Waals surface area contributed by atoms with Crippen LogP contribution in [0.15, 0.2) is 12.1 Å². The molecule has 0 saturated heterocycles. The molecule has 0 bridgehead atoms. The number of methoxy groups -OCH3 is 1. The third-order valence-electron chi connectivity index (χ3n) is 2.82. The molecule has 1 rings (SSSR count). The van der Waals surface area contributed by atoms with Crippen LogP contribution in [0.1, 0.15) is 19.4 Å². The maximum Gasteiger partial charge on any atom is 0.137 e. The van der Waals surface area contributed by atoms with Crippen LogP contribution in [-0.4, -0.2) is 20.7 Å². The molecule has 1 aromatic rings. The molecule has 18 heavy (non-hydrogen) atoms. The first-order valence-electron chi connectivity index (χ1n) is 5.77. The second-order valence-electron chi connectivity index (χ2n) is 5.12. The van der Waals surface area contributed by atoms with Gasteiger partial charge in [-0.2, -0.15) is 5.26 Å². The highest BCUT2D eigenvalue weighted by molar-refractivity contribution is 6.32. The van der Waals surface area contributed by atoms with Gasteiger partial charge in [-0.1, -0.05) is 11.6 Å². The number of hydrogen-bond acceptors (Lipinski definition) is 3. The quantitative estimate of drug-likeness (QED) is 0.835. The van der Waals surface area contributed by atoms with Crippen LogP contribution >= 0.6 is 11.6 Å². The van der Waals surface area contributed by atoms with E-state index in [-0.39, 0.29) is 0 Å². The molecule has 0 amide bonds. The van der Waals surface area contributed by atoms with Gasteiger partial charge in [-0.15, -0.1) is 0 Å². The van der Waals surface area contributed by atoms with E-state index in [0.717, 1.165) is 11.3 Å². The summed E-state index contributed by atoms with van der Waals surface area (Å²) in [7, 11) is 3.56. The first-order chi connectivity index (χ1) is 8.30. The van der Waals surface area contributed by atoms with Gasteiger partial charge in [-0.05, 0) is 38.5 Å². The Morgan fingerprint density at radius 1 is 1.44 bits per heavy atom. The standard InChI is InChI=1S/C14H19ClN2O/c1-10-6-13(18-5)11(15)7-12(10)17(4)9-14(2,3)8-16/h6-7H,9H2,1-5H3. The molecule has 0 spiro atoms. The largest absolute Gasteiger partial charge is 0.495 e. The number of benzene rings is 1. The molecule has 0 aliphatic heterocycles. The Kier molecular flexibility index (Phi) is 4.48. The minimum absolute atomic E-state index is 0.395. The second-order valence-corrected chi connectivity index (χ2v) is 5.53. The van der Waals surface area contributed by atoms with Crippen molar-refractivity contribution in [3.8, 4) is 11.8 Å². The zero-order valence-corrected chi connectivity index (χ0v) is 12.3. The summed E-state index contributed by atoms with van der Waals surface area (Å²) in [6.45, 7) is 6.49. The van der Waals surface area contributed by atoms with Gasteiger partial charge in [0.05, 0.1) is 23.6 Å². The lowest BCUT2D eigenvalue weighted by molar-refractivity contribution is 0.414. The molecule has 0 N–H and O–H groups in total. The van der Waals surface area contributed by atoms with E-state index < -0.39 is 5.41 Å². The van der Waals surface area contributed by atoms with Crippen molar-refractivity contribution in [1.29, 1.82) is 5.26 Å². The lowest BCUT2D eigenvalue weighted by Crippen LogP contribution is -2.30. The predicted molar refractivity (Wildman–Crippen MR) is 75.4 cm³/mol. The van der Waals surface area contributed by atoms with Gasteiger partial charge < -0.3 is 9.64 Å². The van der Waals surface area contributed by atoms with Crippen LogP contribution < -0.4 is 9.64 Å². The summed E-state index contributed by atoms with van der Waals surface area (Å²) in [6.07, 6.45) is 0. The number of nitrogens with zero attached hydrogens (tertiary/aromatic N) is 2. The summed E-state index contributed by atoms with van der Waals surface area (Å²) >= 11 is 6.13. The predicted octanol–water partition coefficient (Wildman–Crippen LogP) is 3.64. The van der Waals surface area contributed by atoms with Crippen molar-refractivity contribution in [1.82, 2.24) is 0 Å². The summed E-state index contributed by atoms with van der Waals surface area (Å²) in [5.74, 6) is 0.672. The fraction of sp³-hybridized carbons (Fsp3) is 0.500. The Hall–Kier alpha value is -1.40. The SMILES string of the molecule is COc1cc(C)c(N(C)CC(C)(C)C#N)cc1Cl. The number of halogens is 1. The van der Waals surface area contributed by atoms with Crippen LogP contribution in [-0.2, 0) is 0 Å². The summed E-state index contributed by atoms with van der Waals surface area (Å²) in [5, 5.41) is 9.66. The fourth-order valence-electron chi connectivity index (χ4n) is 1.93. The van der Waals surface area contributed by atoms with Gasteiger partial charge in [-0.25, -0.2) is 0 Å². The van der Waals surface area contributed by atoms with Gasteiger partial charge in [0.25, 0.3) is 0 Å². The molecule has 0 aromatic heterocycles. The van der Waals surface area contributed by atoms with E-state index in [1.165, 1.54) is 0 Å². The van der Waals surface area contributed by atoms with E-state index >= 15 is 0 Å². The van der Waals surface area contributed by atoms with Crippen LogP contribution in [0.2, 0.25) is 5.02 Å². The normalized spacial score (nSPS) is 10.9. The summed E-state index contributed by atoms with van der Waals surface area (Å²) < 4.78 is 5.18. The molecule has 0 aliphatic rings. The maximum atomic E-state index is 9.07. The Bertz CT molecular complexity index is 477. The summed E-state index contributed by atoms with van der Waals surface area (Å²) in [4.78, 5) is 2.05. The van der Waals surface area contributed by atoms with Gasteiger partial charge in [0.15, 0.2) is 0 Å². The number of aryl methyl sites for hydroxylation is 1. The molecule has 0 radical (unpaired) electrons. The topological polar surface area (TPSA) is 36.3 Å². The van der Waals surface area contributed by atoms with Crippen molar-refractivity contribution < 1.29 is 4.74 Å². The summed E-state index contributed by atoms with van der Waals surface area (Å²) in [6, 6.07) is 6.09. The van der Waals surface area contributed by atoms with Gasteiger partial charge in [-0.3, -0.25) is 0 Å². The van der Waals surface area contributed by atoms with E-state index in [1.54, 1.807) is 7.11 Å². The molecule has 0 heterocycles. The third kappa shape index (κ3) is 3.30. The summed E-state index contributed by atoms with van der Waals surface area (Å²) in [5.41, 5.74) is 1.70. The van der Waals surface area contributed by atoms with E-state index in [2.05, 4.69) is 6.07 Å². The number of anilines is 1. The van der Waals surface area contributed by atoms with E-state index in [4.69, 9.17) is 21.6 Å². The molecule has 0 aliphatic carbocycles. The van der Waals surface area contributed by atoms with Crippen molar-refractivity contribution in [2.45, 2.75) is 20.8 Å². The zero-order valence-electron chi connectivity index (χ0n) is 11.5. The highest BCUT2D eigenvalue weighted by Gasteiger charge is 2.21.